The predicted molar refractivity (Wildman–Crippen MR) is 144 cm³/mol. The highest BCUT2D eigenvalue weighted by atomic mass is 16.6. The highest BCUT2D eigenvalue weighted by Crippen LogP contribution is 2.89. The third-order valence-corrected chi connectivity index (χ3v) is 14.2. The van der Waals surface area contributed by atoms with Crippen molar-refractivity contribution in [2.24, 2.45) is 50.7 Å². The second-order valence-corrected chi connectivity index (χ2v) is 16.1. The van der Waals surface area contributed by atoms with Crippen LogP contribution in [0.4, 0.5) is 0 Å². The van der Waals surface area contributed by atoms with Crippen LogP contribution in [0.3, 0.4) is 0 Å². The Hall–Kier alpha value is -0.200. The number of ether oxygens (including phenoxy) is 2. The van der Waals surface area contributed by atoms with E-state index in [0.29, 0.717) is 41.1 Å². The summed E-state index contributed by atoms with van der Waals surface area (Å²) in [6.45, 7) is 18.0. The molecule has 1 aliphatic heterocycles. The summed E-state index contributed by atoms with van der Waals surface area (Å²) in [4.78, 5) is 0. The van der Waals surface area contributed by atoms with Crippen molar-refractivity contribution in [1.29, 1.82) is 0 Å². The lowest BCUT2D eigenvalue weighted by molar-refractivity contribution is -0.215. The van der Waals surface area contributed by atoms with Crippen LogP contribution in [0.5, 0.6) is 0 Å². The normalized spacial score (nSPS) is 56.8. The largest absolute Gasteiger partial charge is 0.393 e. The first kappa shape index (κ1) is 27.0. The van der Waals surface area contributed by atoms with E-state index in [0.717, 1.165) is 32.1 Å². The molecule has 3 N–H and O–H groups in total. The molecule has 13 atom stereocenters. The Balaban J connectivity index is 1.35. The van der Waals surface area contributed by atoms with Gasteiger partial charge in [-0.2, -0.15) is 0 Å². The molecule has 6 rings (SSSR count). The maximum Gasteiger partial charge on any atom is 0.112 e. The molecule has 0 aromatic heterocycles. The van der Waals surface area contributed by atoms with Crippen LogP contribution >= 0.6 is 0 Å². The van der Waals surface area contributed by atoms with Gasteiger partial charge in [-0.25, -0.2) is 0 Å². The Kier molecular flexibility index (Phi) is 5.81. The van der Waals surface area contributed by atoms with E-state index < -0.39 is 17.8 Å². The molecule has 6 unspecified atom stereocenters. The summed E-state index contributed by atoms with van der Waals surface area (Å²) in [7, 11) is 0. The fourth-order valence-electron chi connectivity index (χ4n) is 12.5. The second-order valence-electron chi connectivity index (χ2n) is 16.1. The summed E-state index contributed by atoms with van der Waals surface area (Å²) in [5.74, 6) is 1.82. The Morgan fingerprint density at radius 2 is 1.62 bits per heavy atom. The number of hydrogen-bond donors (Lipinski definition) is 3. The first-order chi connectivity index (χ1) is 17.1. The van der Waals surface area contributed by atoms with Crippen molar-refractivity contribution in [3.8, 4) is 0 Å². The minimum atomic E-state index is -1.00. The van der Waals surface area contributed by atoms with Gasteiger partial charge in [0.2, 0.25) is 0 Å². The van der Waals surface area contributed by atoms with Gasteiger partial charge in [-0.15, -0.1) is 0 Å². The zero-order valence-electron chi connectivity index (χ0n) is 24.7. The zero-order chi connectivity index (χ0) is 27.0. The van der Waals surface area contributed by atoms with Crippen molar-refractivity contribution in [1.82, 2.24) is 0 Å². The van der Waals surface area contributed by atoms with Crippen molar-refractivity contribution in [2.45, 2.75) is 143 Å². The molecular weight excluding hydrogens is 464 g/mol. The van der Waals surface area contributed by atoms with Crippen molar-refractivity contribution < 1.29 is 24.8 Å². The molecule has 0 bridgehead atoms. The lowest BCUT2D eigenvalue weighted by atomic mass is 9.41. The smallest absolute Gasteiger partial charge is 0.112 e. The molecule has 0 radical (unpaired) electrons. The average molecular weight is 519 g/mol. The molecule has 0 aromatic carbocycles. The Labute approximate surface area is 225 Å². The van der Waals surface area contributed by atoms with Gasteiger partial charge in [0.15, 0.2) is 0 Å². The molecule has 2 spiro atoms. The van der Waals surface area contributed by atoms with Crippen LogP contribution in [-0.2, 0) is 9.47 Å². The second kappa shape index (κ2) is 7.96. The number of aliphatic hydroxyl groups excluding tert-OH is 2. The molecular formula is C32H54O5. The fourth-order valence-corrected chi connectivity index (χ4v) is 12.5. The summed E-state index contributed by atoms with van der Waals surface area (Å²) >= 11 is 0. The van der Waals surface area contributed by atoms with E-state index in [9.17, 15) is 15.3 Å². The Morgan fingerprint density at radius 3 is 2.27 bits per heavy atom. The zero-order valence-corrected chi connectivity index (χ0v) is 24.7. The van der Waals surface area contributed by atoms with E-state index in [2.05, 4.69) is 34.6 Å². The molecule has 1 heterocycles. The van der Waals surface area contributed by atoms with Crippen LogP contribution < -0.4 is 0 Å². The van der Waals surface area contributed by atoms with E-state index in [1.54, 1.807) is 0 Å². The fraction of sp³-hybridized carbons (Fsp3) is 1.00. The molecule has 5 heteroatoms. The lowest BCUT2D eigenvalue weighted by Crippen LogP contribution is -2.59. The van der Waals surface area contributed by atoms with Gasteiger partial charge in [0.25, 0.3) is 0 Å². The number of fused-ring (bicyclic) bond motifs is 4. The van der Waals surface area contributed by atoms with E-state index in [1.807, 2.05) is 20.8 Å². The minimum absolute atomic E-state index is 0.0209. The van der Waals surface area contributed by atoms with Crippen LogP contribution in [0.1, 0.15) is 107 Å². The highest BCUT2D eigenvalue weighted by Gasteiger charge is 2.84. The van der Waals surface area contributed by atoms with Crippen LogP contribution in [0.25, 0.3) is 0 Å². The standard InChI is InChI=1S/C32H54O5/c1-9-36-26(28(5,6)35)19-16-18(2)23-24(37-19)25(34)30(8)21-11-10-20-27(3,4)22(33)12-13-31(20)17-32(21,31)15-14-29(23,30)7/h18-26,33-35H,9-17H2,1-8H3/t18-,19?,20+,21?,22+,23+,24?,25+,26+,29?,30-,31?,32?/m1/s1. The summed E-state index contributed by atoms with van der Waals surface area (Å²) in [6, 6.07) is 0. The summed E-state index contributed by atoms with van der Waals surface area (Å²) in [6.07, 6.45) is 7.49. The van der Waals surface area contributed by atoms with Gasteiger partial charge >= 0.3 is 0 Å². The first-order valence-corrected chi connectivity index (χ1v) is 15.5. The average Bonchev–Trinajstić information content (AvgIpc) is 3.44. The van der Waals surface area contributed by atoms with Crippen LogP contribution in [-0.4, -0.2) is 58.0 Å². The molecule has 6 aliphatic rings. The van der Waals surface area contributed by atoms with Crippen molar-refractivity contribution in [3.63, 3.8) is 0 Å². The molecule has 0 aromatic rings. The first-order valence-electron chi connectivity index (χ1n) is 15.5. The van der Waals surface area contributed by atoms with E-state index in [-0.39, 0.29) is 34.6 Å². The van der Waals surface area contributed by atoms with Crippen molar-refractivity contribution in [2.75, 3.05) is 6.61 Å². The van der Waals surface area contributed by atoms with Crippen molar-refractivity contribution in [3.05, 3.63) is 0 Å². The third kappa shape index (κ3) is 3.10. The molecule has 5 nitrogen and oxygen atoms in total. The van der Waals surface area contributed by atoms with Crippen molar-refractivity contribution >= 4 is 0 Å². The van der Waals surface area contributed by atoms with Crippen LogP contribution in [0.15, 0.2) is 0 Å². The van der Waals surface area contributed by atoms with Gasteiger partial charge in [-0.1, -0.05) is 34.6 Å². The molecule has 5 aliphatic carbocycles. The Morgan fingerprint density at radius 1 is 0.973 bits per heavy atom. The topological polar surface area (TPSA) is 79.2 Å². The van der Waals surface area contributed by atoms with Gasteiger partial charge in [-0.05, 0) is 117 Å². The van der Waals surface area contributed by atoms with Crippen LogP contribution in [0, 0.1) is 50.7 Å². The van der Waals surface area contributed by atoms with Gasteiger partial charge in [-0.3, -0.25) is 0 Å². The summed E-state index contributed by atoms with van der Waals surface area (Å²) in [5, 5.41) is 34.2. The molecule has 212 valence electrons. The van der Waals surface area contributed by atoms with E-state index in [1.165, 1.54) is 19.3 Å². The number of rotatable bonds is 4. The highest BCUT2D eigenvalue weighted by molar-refractivity contribution is 5.32. The third-order valence-electron chi connectivity index (χ3n) is 14.2. The molecule has 37 heavy (non-hydrogen) atoms. The molecule has 0 amide bonds. The van der Waals surface area contributed by atoms with Gasteiger partial charge in [0.05, 0.1) is 30.0 Å². The molecule has 6 fully saturated rings. The predicted octanol–water partition coefficient (Wildman–Crippen LogP) is 5.34. The summed E-state index contributed by atoms with van der Waals surface area (Å²) < 4.78 is 12.9. The van der Waals surface area contributed by atoms with Gasteiger partial charge in [0.1, 0.15) is 6.10 Å². The Bertz CT molecular complexity index is 927. The maximum atomic E-state index is 12.3. The minimum Gasteiger partial charge on any atom is -0.393 e. The number of aliphatic hydroxyl groups is 3. The van der Waals surface area contributed by atoms with Gasteiger partial charge < -0.3 is 24.8 Å². The van der Waals surface area contributed by atoms with E-state index >= 15 is 0 Å². The quantitative estimate of drug-likeness (QED) is 0.468. The van der Waals surface area contributed by atoms with Crippen LogP contribution in [0.2, 0.25) is 0 Å². The molecule has 1 saturated heterocycles. The summed E-state index contributed by atoms with van der Waals surface area (Å²) in [5.41, 5.74) is -0.501. The monoisotopic (exact) mass is 518 g/mol. The molecule has 5 saturated carbocycles. The SMILES string of the molecule is CCO[C@@H](C1C[C@@H](C)[C@H]2C(O1)[C@H](O)[C@@]1(C)C3CC[C@H]4C(C)(C)[C@@H](O)CCC45CC35CCC21C)C(C)(C)O. The lowest BCUT2D eigenvalue weighted by Gasteiger charge is -2.63. The number of hydrogen-bond acceptors (Lipinski definition) is 5. The van der Waals surface area contributed by atoms with E-state index in [4.69, 9.17) is 9.47 Å². The van der Waals surface area contributed by atoms with Gasteiger partial charge in [0, 0.05) is 12.0 Å². The maximum absolute atomic E-state index is 12.3.